The molecule has 1 aromatic rings. The minimum absolute atomic E-state index is 0.0311. The zero-order chi connectivity index (χ0) is 13.8. The van der Waals surface area contributed by atoms with E-state index in [-0.39, 0.29) is 23.1 Å². The zero-order valence-electron chi connectivity index (χ0n) is 11.2. The normalized spacial score (nSPS) is 13.2. The Morgan fingerprint density at radius 2 is 2.11 bits per heavy atom. The van der Waals surface area contributed by atoms with Gasteiger partial charge in [0.2, 0.25) is 5.91 Å². The predicted octanol–water partition coefficient (Wildman–Crippen LogP) is 2.78. The average Bonchev–Trinajstić information content (AvgIpc) is 2.24. The summed E-state index contributed by atoms with van der Waals surface area (Å²) in [4.78, 5) is 12.0. The number of carbonyl (C=O) groups excluding carboxylic acids is 1. The van der Waals surface area contributed by atoms with E-state index in [4.69, 9.17) is 5.73 Å². The Kier molecular flexibility index (Phi) is 4.84. The van der Waals surface area contributed by atoms with Crippen LogP contribution in [0.1, 0.15) is 27.2 Å². The number of carbonyl (C=O) groups is 1. The van der Waals surface area contributed by atoms with Crippen molar-refractivity contribution in [2.24, 2.45) is 17.1 Å². The molecule has 1 aromatic carbocycles. The van der Waals surface area contributed by atoms with Crippen LogP contribution in [-0.2, 0) is 4.79 Å². The molecule has 1 rings (SSSR count). The Labute approximate surface area is 108 Å². The lowest BCUT2D eigenvalue weighted by Crippen LogP contribution is -2.32. The molecular formula is C14H21FN2O. The van der Waals surface area contributed by atoms with Crippen molar-refractivity contribution in [3.05, 3.63) is 30.1 Å². The Bertz CT molecular complexity index is 413. The van der Waals surface area contributed by atoms with Gasteiger partial charge in [-0.15, -0.1) is 0 Å². The van der Waals surface area contributed by atoms with E-state index < -0.39 is 0 Å². The highest BCUT2D eigenvalue weighted by Crippen LogP contribution is 2.24. The summed E-state index contributed by atoms with van der Waals surface area (Å²) in [5.41, 5.74) is 6.13. The van der Waals surface area contributed by atoms with Crippen molar-refractivity contribution in [2.45, 2.75) is 27.2 Å². The van der Waals surface area contributed by atoms with Crippen LogP contribution in [-0.4, -0.2) is 12.5 Å². The van der Waals surface area contributed by atoms with Crippen LogP contribution in [0.3, 0.4) is 0 Å². The molecule has 0 spiro atoms. The molecule has 0 radical (unpaired) electrons. The van der Waals surface area contributed by atoms with Crippen molar-refractivity contribution in [2.75, 3.05) is 11.9 Å². The van der Waals surface area contributed by atoms with Crippen LogP contribution in [0.2, 0.25) is 0 Å². The molecule has 0 aromatic heterocycles. The number of amides is 1. The molecule has 0 aliphatic heterocycles. The fourth-order valence-corrected chi connectivity index (χ4v) is 1.83. The van der Waals surface area contributed by atoms with Crippen LogP contribution >= 0.6 is 0 Å². The second-order valence-electron chi connectivity index (χ2n) is 5.70. The number of halogens is 1. The summed E-state index contributed by atoms with van der Waals surface area (Å²) in [6.07, 6.45) is 0.699. The number of hydrogen-bond acceptors (Lipinski definition) is 2. The highest BCUT2D eigenvalue weighted by Gasteiger charge is 2.23. The van der Waals surface area contributed by atoms with Crippen molar-refractivity contribution in [3.8, 4) is 0 Å². The van der Waals surface area contributed by atoms with Crippen molar-refractivity contribution in [1.82, 2.24) is 0 Å². The molecule has 0 bridgehead atoms. The second-order valence-corrected chi connectivity index (χ2v) is 5.70. The Hall–Kier alpha value is -1.42. The van der Waals surface area contributed by atoms with E-state index in [1.807, 2.05) is 0 Å². The average molecular weight is 252 g/mol. The monoisotopic (exact) mass is 252 g/mol. The number of nitrogens with one attached hydrogen (secondary N) is 1. The maximum Gasteiger partial charge on any atom is 0.228 e. The van der Waals surface area contributed by atoms with Gasteiger partial charge in [0.05, 0.1) is 5.92 Å². The number of benzene rings is 1. The van der Waals surface area contributed by atoms with Gasteiger partial charge in [-0.25, -0.2) is 4.39 Å². The molecule has 0 heterocycles. The second kappa shape index (κ2) is 5.96. The van der Waals surface area contributed by atoms with E-state index in [0.29, 0.717) is 18.7 Å². The van der Waals surface area contributed by atoms with Crippen molar-refractivity contribution < 1.29 is 9.18 Å². The number of nitrogens with two attached hydrogens (primary N) is 1. The van der Waals surface area contributed by atoms with Gasteiger partial charge in [0.25, 0.3) is 0 Å². The summed E-state index contributed by atoms with van der Waals surface area (Å²) in [6, 6.07) is 5.85. The van der Waals surface area contributed by atoms with Gasteiger partial charge >= 0.3 is 0 Å². The summed E-state index contributed by atoms with van der Waals surface area (Å²) in [6.45, 7) is 6.47. The molecule has 0 aliphatic rings. The third kappa shape index (κ3) is 4.84. The SMILES string of the molecule is CC(C)(C)CC(CN)C(=O)Nc1cccc(F)c1. The Morgan fingerprint density at radius 3 is 2.61 bits per heavy atom. The molecule has 0 aliphatic carbocycles. The van der Waals surface area contributed by atoms with Gasteiger partial charge in [-0.1, -0.05) is 26.8 Å². The number of anilines is 1. The van der Waals surface area contributed by atoms with E-state index in [1.165, 1.54) is 12.1 Å². The molecule has 0 saturated heterocycles. The van der Waals surface area contributed by atoms with Gasteiger partial charge in [-0.3, -0.25) is 4.79 Å². The standard InChI is InChI=1S/C14H21FN2O/c1-14(2,3)8-10(9-16)13(18)17-12-6-4-5-11(15)7-12/h4-7,10H,8-9,16H2,1-3H3,(H,17,18). The molecule has 1 atom stereocenters. The molecule has 1 unspecified atom stereocenters. The quantitative estimate of drug-likeness (QED) is 0.865. The highest BCUT2D eigenvalue weighted by molar-refractivity contribution is 5.92. The summed E-state index contributed by atoms with van der Waals surface area (Å²) in [5, 5.41) is 2.70. The first-order chi connectivity index (χ1) is 8.31. The van der Waals surface area contributed by atoms with Crippen molar-refractivity contribution >= 4 is 11.6 Å². The van der Waals surface area contributed by atoms with Crippen LogP contribution in [0.15, 0.2) is 24.3 Å². The lowest BCUT2D eigenvalue weighted by Gasteiger charge is -2.24. The molecule has 100 valence electrons. The summed E-state index contributed by atoms with van der Waals surface area (Å²) in [5.74, 6) is -0.779. The summed E-state index contributed by atoms with van der Waals surface area (Å²) >= 11 is 0. The molecule has 3 nitrogen and oxygen atoms in total. The van der Waals surface area contributed by atoms with E-state index in [9.17, 15) is 9.18 Å². The number of rotatable bonds is 4. The minimum atomic E-state index is -0.368. The predicted molar refractivity (Wildman–Crippen MR) is 71.6 cm³/mol. The lowest BCUT2D eigenvalue weighted by atomic mass is 9.84. The smallest absolute Gasteiger partial charge is 0.228 e. The molecule has 4 heteroatoms. The third-order valence-electron chi connectivity index (χ3n) is 2.61. The van der Waals surface area contributed by atoms with Gasteiger partial charge in [-0.2, -0.15) is 0 Å². The maximum atomic E-state index is 13.0. The van der Waals surface area contributed by atoms with Gasteiger partial charge in [-0.05, 0) is 30.0 Å². The first-order valence-corrected chi connectivity index (χ1v) is 6.08. The van der Waals surface area contributed by atoms with Crippen LogP contribution < -0.4 is 11.1 Å². The lowest BCUT2D eigenvalue weighted by molar-refractivity contribution is -0.120. The summed E-state index contributed by atoms with van der Waals surface area (Å²) in [7, 11) is 0. The largest absolute Gasteiger partial charge is 0.330 e. The minimum Gasteiger partial charge on any atom is -0.330 e. The molecule has 3 N–H and O–H groups in total. The van der Waals surface area contributed by atoms with Crippen LogP contribution in [0, 0.1) is 17.2 Å². The molecule has 18 heavy (non-hydrogen) atoms. The van der Waals surface area contributed by atoms with Crippen LogP contribution in [0.25, 0.3) is 0 Å². The Morgan fingerprint density at radius 1 is 1.44 bits per heavy atom. The fourth-order valence-electron chi connectivity index (χ4n) is 1.83. The van der Waals surface area contributed by atoms with Gasteiger partial charge in [0.1, 0.15) is 5.82 Å². The van der Waals surface area contributed by atoms with E-state index >= 15 is 0 Å². The Balaban J connectivity index is 2.68. The molecule has 1 amide bonds. The van der Waals surface area contributed by atoms with E-state index in [0.717, 1.165) is 0 Å². The van der Waals surface area contributed by atoms with E-state index in [2.05, 4.69) is 26.1 Å². The molecular weight excluding hydrogens is 231 g/mol. The first kappa shape index (κ1) is 14.6. The summed E-state index contributed by atoms with van der Waals surface area (Å²) < 4.78 is 13.0. The van der Waals surface area contributed by atoms with Crippen molar-refractivity contribution in [3.63, 3.8) is 0 Å². The topological polar surface area (TPSA) is 55.1 Å². The molecule has 0 saturated carbocycles. The van der Waals surface area contributed by atoms with E-state index in [1.54, 1.807) is 12.1 Å². The fraction of sp³-hybridized carbons (Fsp3) is 0.500. The maximum absolute atomic E-state index is 13.0. The number of hydrogen-bond donors (Lipinski definition) is 2. The van der Waals surface area contributed by atoms with Gasteiger partial charge in [0, 0.05) is 12.2 Å². The van der Waals surface area contributed by atoms with Gasteiger partial charge in [0.15, 0.2) is 0 Å². The van der Waals surface area contributed by atoms with Crippen LogP contribution in [0.5, 0.6) is 0 Å². The van der Waals surface area contributed by atoms with Crippen molar-refractivity contribution in [1.29, 1.82) is 0 Å². The highest BCUT2D eigenvalue weighted by atomic mass is 19.1. The van der Waals surface area contributed by atoms with Gasteiger partial charge < -0.3 is 11.1 Å². The third-order valence-corrected chi connectivity index (χ3v) is 2.61. The first-order valence-electron chi connectivity index (χ1n) is 6.08. The zero-order valence-corrected chi connectivity index (χ0v) is 11.2. The molecule has 0 fully saturated rings. The van der Waals surface area contributed by atoms with Crippen LogP contribution in [0.4, 0.5) is 10.1 Å².